The van der Waals surface area contributed by atoms with Gasteiger partial charge in [0.15, 0.2) is 5.03 Å². The van der Waals surface area contributed by atoms with Gasteiger partial charge in [0, 0.05) is 18.9 Å². The van der Waals surface area contributed by atoms with E-state index in [-0.39, 0.29) is 17.4 Å². The lowest BCUT2D eigenvalue weighted by molar-refractivity contribution is -0.120. The van der Waals surface area contributed by atoms with E-state index in [1.54, 1.807) is 19.2 Å². The fourth-order valence-corrected chi connectivity index (χ4v) is 4.85. The number of sulfonamides is 1. The van der Waals surface area contributed by atoms with Crippen LogP contribution >= 0.6 is 0 Å². The van der Waals surface area contributed by atoms with Crippen molar-refractivity contribution >= 4 is 21.6 Å². The first-order chi connectivity index (χ1) is 16.3. The third-order valence-electron chi connectivity index (χ3n) is 5.37. The molecule has 1 amide bonds. The van der Waals surface area contributed by atoms with Gasteiger partial charge in [-0.25, -0.2) is 18.1 Å². The highest BCUT2D eigenvalue weighted by molar-refractivity contribution is 7.89. The second kappa shape index (κ2) is 10.3. The van der Waals surface area contributed by atoms with Gasteiger partial charge in [0.2, 0.25) is 5.91 Å². The summed E-state index contributed by atoms with van der Waals surface area (Å²) in [5, 5.41) is 12.4. The van der Waals surface area contributed by atoms with Crippen molar-refractivity contribution in [1.29, 1.82) is 0 Å². The number of rotatable bonds is 8. The first-order valence-corrected chi connectivity index (χ1v) is 12.2. The smallest absolute Gasteiger partial charge is 0.260 e. The number of aryl methyl sites for hydroxylation is 1. The number of anilines is 1. The number of carbonyl (C=O) groups is 1. The number of amides is 1. The summed E-state index contributed by atoms with van der Waals surface area (Å²) in [5.41, 5.74) is 2.79. The predicted octanol–water partition coefficient (Wildman–Crippen LogP) is 2.08. The maximum atomic E-state index is 12.5. The summed E-state index contributed by atoms with van der Waals surface area (Å²) in [5.74, 6) is -0.258. The molecule has 1 aliphatic rings. The molecule has 0 saturated carbocycles. The van der Waals surface area contributed by atoms with E-state index in [9.17, 15) is 18.3 Å². The molecule has 0 unspecified atom stereocenters. The van der Waals surface area contributed by atoms with E-state index in [1.165, 1.54) is 17.1 Å². The summed E-state index contributed by atoms with van der Waals surface area (Å²) in [6, 6.07) is 16.7. The molecular weight excluding hydrogens is 456 g/mol. The fraction of sp³-hybridized carbons (Fsp3) is 0.250. The van der Waals surface area contributed by atoms with E-state index in [0.29, 0.717) is 5.69 Å². The lowest BCUT2D eigenvalue weighted by Gasteiger charge is -2.31. The van der Waals surface area contributed by atoms with Crippen LogP contribution in [-0.2, 0) is 26.6 Å². The number of nitrogens with zero attached hydrogens (tertiary/aromatic N) is 2. The molecule has 1 aliphatic heterocycles. The molecule has 2 aromatic carbocycles. The zero-order chi connectivity index (χ0) is 24.1. The van der Waals surface area contributed by atoms with E-state index in [0.717, 1.165) is 11.1 Å². The quantitative estimate of drug-likeness (QED) is 0.423. The maximum Gasteiger partial charge on any atom is 0.260 e. The van der Waals surface area contributed by atoms with Gasteiger partial charge < -0.3 is 19.7 Å². The van der Waals surface area contributed by atoms with Crippen molar-refractivity contribution in [3.8, 4) is 11.1 Å². The van der Waals surface area contributed by atoms with Crippen LogP contribution in [-0.4, -0.2) is 53.8 Å². The van der Waals surface area contributed by atoms with Gasteiger partial charge in [0.05, 0.1) is 31.5 Å². The van der Waals surface area contributed by atoms with Gasteiger partial charge in [0.1, 0.15) is 6.10 Å². The Balaban J connectivity index is 1.35. The predicted molar refractivity (Wildman–Crippen MR) is 127 cm³/mol. The lowest BCUT2D eigenvalue weighted by atomic mass is 10.0. The van der Waals surface area contributed by atoms with E-state index in [1.807, 2.05) is 54.6 Å². The Kier molecular flexibility index (Phi) is 7.23. The third-order valence-corrected chi connectivity index (χ3v) is 6.72. The van der Waals surface area contributed by atoms with E-state index < -0.39 is 34.9 Å². The van der Waals surface area contributed by atoms with Crippen LogP contribution < -0.4 is 10.0 Å². The average molecular weight is 483 g/mol. The first kappa shape index (κ1) is 23.8. The number of carbonyl (C=O) groups excluding carboxylic acids is 1. The van der Waals surface area contributed by atoms with Gasteiger partial charge in [0.25, 0.3) is 10.0 Å². The van der Waals surface area contributed by atoms with Gasteiger partial charge in [-0.3, -0.25) is 4.79 Å². The molecule has 0 saturated heterocycles. The SMILES string of the molecule is Cn1cnc(S(=O)(=O)N[C@H]2C=C[C@@H](CC(=O)Nc3ccc(-c4ccccc4)cc3)O[C@H]2CO)c1. The minimum absolute atomic E-state index is 0.0210. The number of hydrogen-bond acceptors (Lipinski definition) is 6. The molecule has 3 N–H and O–H groups in total. The minimum atomic E-state index is -3.89. The first-order valence-electron chi connectivity index (χ1n) is 10.7. The van der Waals surface area contributed by atoms with Crippen molar-refractivity contribution in [2.24, 2.45) is 7.05 Å². The number of aromatic nitrogens is 2. The number of imidazole rings is 1. The monoisotopic (exact) mass is 482 g/mol. The molecule has 3 aromatic rings. The normalized spacial score (nSPS) is 20.2. The van der Waals surface area contributed by atoms with Crippen molar-refractivity contribution in [2.75, 3.05) is 11.9 Å². The Morgan fingerprint density at radius 2 is 1.79 bits per heavy atom. The van der Waals surface area contributed by atoms with E-state index in [4.69, 9.17) is 4.74 Å². The summed E-state index contributed by atoms with van der Waals surface area (Å²) < 4.78 is 34.8. The molecular formula is C24H26N4O5S. The molecule has 9 nitrogen and oxygen atoms in total. The minimum Gasteiger partial charge on any atom is -0.394 e. The van der Waals surface area contributed by atoms with Crippen LogP contribution in [0.2, 0.25) is 0 Å². The van der Waals surface area contributed by atoms with Crippen LogP contribution in [0.1, 0.15) is 6.42 Å². The molecule has 2 heterocycles. The van der Waals surface area contributed by atoms with Gasteiger partial charge >= 0.3 is 0 Å². The van der Waals surface area contributed by atoms with Crippen LogP contribution in [0.3, 0.4) is 0 Å². The van der Waals surface area contributed by atoms with Crippen molar-refractivity contribution in [1.82, 2.24) is 14.3 Å². The molecule has 1 aromatic heterocycles. The molecule has 10 heteroatoms. The molecule has 3 atom stereocenters. The largest absolute Gasteiger partial charge is 0.394 e. The molecule has 0 spiro atoms. The van der Waals surface area contributed by atoms with Crippen molar-refractivity contribution in [3.05, 3.63) is 79.3 Å². The summed E-state index contributed by atoms with van der Waals surface area (Å²) in [6.45, 7) is -0.418. The third kappa shape index (κ3) is 5.78. The number of ether oxygens (including phenoxy) is 1. The summed E-state index contributed by atoms with van der Waals surface area (Å²) in [4.78, 5) is 16.4. The number of benzene rings is 2. The maximum absolute atomic E-state index is 12.5. The van der Waals surface area contributed by atoms with Gasteiger partial charge in [-0.1, -0.05) is 54.6 Å². The Morgan fingerprint density at radius 1 is 1.09 bits per heavy atom. The highest BCUT2D eigenvalue weighted by Gasteiger charge is 2.32. The Bertz CT molecular complexity index is 1260. The Morgan fingerprint density at radius 3 is 2.44 bits per heavy atom. The van der Waals surface area contributed by atoms with Crippen molar-refractivity contribution in [2.45, 2.75) is 29.7 Å². The molecule has 0 fully saturated rings. The van der Waals surface area contributed by atoms with Crippen LogP contribution in [0.25, 0.3) is 11.1 Å². The number of nitrogens with one attached hydrogen (secondary N) is 2. The Labute approximate surface area is 198 Å². The zero-order valence-corrected chi connectivity index (χ0v) is 19.4. The molecule has 0 bridgehead atoms. The summed E-state index contributed by atoms with van der Waals surface area (Å²) >= 11 is 0. The lowest BCUT2D eigenvalue weighted by Crippen LogP contribution is -2.48. The Hall–Kier alpha value is -3.31. The molecule has 0 aliphatic carbocycles. The molecule has 4 rings (SSSR count). The zero-order valence-electron chi connectivity index (χ0n) is 18.5. The molecule has 178 valence electrons. The van der Waals surface area contributed by atoms with Crippen LogP contribution in [0, 0.1) is 0 Å². The second-order valence-corrected chi connectivity index (χ2v) is 9.66. The highest BCUT2D eigenvalue weighted by atomic mass is 32.2. The second-order valence-electron chi connectivity index (χ2n) is 8.00. The van der Waals surface area contributed by atoms with Crippen molar-refractivity contribution < 1.29 is 23.1 Å². The van der Waals surface area contributed by atoms with Crippen molar-refractivity contribution in [3.63, 3.8) is 0 Å². The fourth-order valence-electron chi connectivity index (χ4n) is 3.65. The summed E-state index contributed by atoms with van der Waals surface area (Å²) in [6.07, 6.45) is 4.56. The number of aliphatic hydroxyl groups excluding tert-OH is 1. The van der Waals surface area contributed by atoms with E-state index >= 15 is 0 Å². The van der Waals surface area contributed by atoms with Crippen LogP contribution in [0.5, 0.6) is 0 Å². The highest BCUT2D eigenvalue weighted by Crippen LogP contribution is 2.22. The number of hydrogen-bond donors (Lipinski definition) is 3. The summed E-state index contributed by atoms with van der Waals surface area (Å²) in [7, 11) is -2.22. The average Bonchev–Trinajstić information content (AvgIpc) is 3.28. The topological polar surface area (TPSA) is 123 Å². The molecule has 34 heavy (non-hydrogen) atoms. The van der Waals surface area contributed by atoms with E-state index in [2.05, 4.69) is 15.0 Å². The van der Waals surface area contributed by atoms with Crippen LogP contribution in [0.15, 0.2) is 84.3 Å². The van der Waals surface area contributed by atoms with Gasteiger partial charge in [-0.2, -0.15) is 0 Å². The van der Waals surface area contributed by atoms with Gasteiger partial charge in [-0.15, -0.1) is 0 Å². The van der Waals surface area contributed by atoms with Gasteiger partial charge in [-0.05, 0) is 23.3 Å². The van der Waals surface area contributed by atoms with Crippen LogP contribution in [0.4, 0.5) is 5.69 Å². The molecule has 0 radical (unpaired) electrons. The number of aliphatic hydroxyl groups is 1. The standard InChI is InChI=1S/C24H26N4O5S/c1-28-14-24(25-16-28)34(31,32)27-21-12-11-20(33-22(21)15-29)13-23(30)26-19-9-7-18(8-10-19)17-5-3-2-4-6-17/h2-12,14,16,20-22,27,29H,13,15H2,1H3,(H,26,30)/t20-,21-,22-/m0/s1.